The van der Waals surface area contributed by atoms with E-state index in [-0.39, 0.29) is 24.0 Å². The second kappa shape index (κ2) is 11.8. The molecule has 216 valence electrons. The van der Waals surface area contributed by atoms with Crippen molar-refractivity contribution in [2.75, 3.05) is 23.8 Å². The van der Waals surface area contributed by atoms with Crippen LogP contribution >= 0.6 is 11.3 Å². The smallest absolute Gasteiger partial charge is 0.331 e. The Hall–Kier alpha value is -4.41. The second-order valence-corrected chi connectivity index (χ2v) is 11.7. The molecule has 9 nitrogen and oxygen atoms in total. The summed E-state index contributed by atoms with van der Waals surface area (Å²) < 4.78 is 5.99. The van der Waals surface area contributed by atoms with Gasteiger partial charge in [-0.1, -0.05) is 37.6 Å². The molecule has 2 aromatic heterocycles. The maximum Gasteiger partial charge on any atom is 0.331 e. The van der Waals surface area contributed by atoms with Crippen molar-refractivity contribution in [1.82, 2.24) is 20.9 Å². The number of ether oxygens (including phenoxy) is 1. The molecule has 4 aromatic rings. The maximum atomic E-state index is 13.7. The number of carbonyl (C=O) groups excluding carboxylic acids is 2. The van der Waals surface area contributed by atoms with Crippen molar-refractivity contribution in [3.63, 3.8) is 0 Å². The molecule has 4 N–H and O–H groups in total. The monoisotopic (exact) mass is 582 g/mol. The zero-order chi connectivity index (χ0) is 29.2. The van der Waals surface area contributed by atoms with Crippen LogP contribution in [0.2, 0.25) is 0 Å². The fourth-order valence-corrected chi connectivity index (χ4v) is 6.81. The van der Waals surface area contributed by atoms with Crippen LogP contribution in [0.15, 0.2) is 73.1 Å². The van der Waals surface area contributed by atoms with E-state index >= 15 is 0 Å². The number of rotatable bonds is 9. The third-order valence-corrected chi connectivity index (χ3v) is 8.80. The standard InChI is InChI=1S/C32H34N6O3S/c1-19-17-22(41-21-9-5-4-6-10-21)13-14-25(19)38-26-15-16-34-31-27(26)28(37-32(38)40)29(42-31)30(39)36-24-12-8-7-11-23(24)35-20(2)18-33-3/h4-6,9-10,13-17,23-24,33,35H,2,7-8,11-12,18H2,1,3H3,(H,36,39)(H,37,40)/t23-,24+/m0/s1. The van der Waals surface area contributed by atoms with Crippen molar-refractivity contribution >= 4 is 50.6 Å². The number of pyridine rings is 1. The van der Waals surface area contributed by atoms with Gasteiger partial charge in [-0.3, -0.25) is 9.69 Å². The highest BCUT2D eigenvalue weighted by atomic mass is 32.1. The Morgan fingerprint density at radius 2 is 1.83 bits per heavy atom. The molecule has 1 aliphatic heterocycles. The molecule has 1 saturated carbocycles. The number of likely N-dealkylation sites (N-methyl/N-ethyl adjacent to an activating group) is 1. The average Bonchev–Trinajstić information content (AvgIpc) is 3.35. The number of benzene rings is 2. The van der Waals surface area contributed by atoms with Crippen LogP contribution in [-0.2, 0) is 0 Å². The quantitative estimate of drug-likeness (QED) is 0.181. The van der Waals surface area contributed by atoms with Crippen molar-refractivity contribution in [3.05, 3.63) is 83.5 Å². The number of urea groups is 1. The van der Waals surface area contributed by atoms with Gasteiger partial charge in [0.2, 0.25) is 0 Å². The number of carbonyl (C=O) groups is 2. The first-order valence-electron chi connectivity index (χ1n) is 14.2. The van der Waals surface area contributed by atoms with Gasteiger partial charge >= 0.3 is 6.03 Å². The van der Waals surface area contributed by atoms with E-state index in [1.807, 2.05) is 68.6 Å². The molecular formula is C32H34N6O3S. The lowest BCUT2D eigenvalue weighted by Gasteiger charge is -2.34. The zero-order valence-electron chi connectivity index (χ0n) is 23.7. The lowest BCUT2D eigenvalue weighted by atomic mass is 9.90. The first-order chi connectivity index (χ1) is 20.4. The summed E-state index contributed by atoms with van der Waals surface area (Å²) in [6.45, 7) is 6.71. The van der Waals surface area contributed by atoms with Gasteiger partial charge in [-0.25, -0.2) is 9.78 Å². The Morgan fingerprint density at radius 1 is 1.07 bits per heavy atom. The summed E-state index contributed by atoms with van der Waals surface area (Å²) in [6.07, 6.45) is 5.67. The third-order valence-electron chi connectivity index (χ3n) is 7.70. The SMILES string of the molecule is C=C(CNC)N[C@H]1CCCC[C@H]1NC(=O)c1sc2nccc3c2c1NC(=O)N3c1ccc(Oc2ccccc2)cc1C. The fourth-order valence-electron chi connectivity index (χ4n) is 5.79. The number of nitrogens with zero attached hydrogens (tertiary/aromatic N) is 2. The minimum Gasteiger partial charge on any atom is -0.457 e. The van der Waals surface area contributed by atoms with Gasteiger partial charge in [0.1, 0.15) is 21.2 Å². The van der Waals surface area contributed by atoms with Crippen molar-refractivity contribution in [1.29, 1.82) is 0 Å². The molecule has 2 aliphatic rings. The van der Waals surface area contributed by atoms with Crippen LogP contribution in [0.1, 0.15) is 40.9 Å². The maximum absolute atomic E-state index is 13.7. The third kappa shape index (κ3) is 5.43. The summed E-state index contributed by atoms with van der Waals surface area (Å²) in [5, 5.41) is 13.6. The second-order valence-electron chi connectivity index (χ2n) is 10.7. The number of nitrogens with one attached hydrogen (secondary N) is 4. The number of hydrogen-bond acceptors (Lipinski definition) is 7. The molecule has 0 saturated heterocycles. The number of thiophene rings is 1. The van der Waals surface area contributed by atoms with Crippen LogP contribution in [0.4, 0.5) is 21.9 Å². The number of aryl methyl sites for hydroxylation is 1. The van der Waals surface area contributed by atoms with Gasteiger partial charge in [-0.2, -0.15) is 0 Å². The summed E-state index contributed by atoms with van der Waals surface area (Å²) in [4.78, 5) is 34.7. The van der Waals surface area contributed by atoms with Crippen LogP contribution in [-0.4, -0.2) is 42.6 Å². The van der Waals surface area contributed by atoms with E-state index in [2.05, 4.69) is 32.8 Å². The molecule has 42 heavy (non-hydrogen) atoms. The number of hydrogen-bond donors (Lipinski definition) is 4. The molecule has 0 spiro atoms. The predicted molar refractivity (Wildman–Crippen MR) is 168 cm³/mol. The Kier molecular flexibility index (Phi) is 7.82. The molecule has 2 atom stereocenters. The van der Waals surface area contributed by atoms with Gasteiger partial charge < -0.3 is 26.0 Å². The Labute approximate surface area is 249 Å². The van der Waals surface area contributed by atoms with Crippen LogP contribution in [0.25, 0.3) is 10.2 Å². The van der Waals surface area contributed by atoms with Crippen molar-refractivity contribution < 1.29 is 14.3 Å². The lowest BCUT2D eigenvalue weighted by Crippen LogP contribution is -2.51. The highest BCUT2D eigenvalue weighted by Crippen LogP contribution is 2.46. The van der Waals surface area contributed by atoms with Gasteiger partial charge in [0.25, 0.3) is 5.91 Å². The normalized spacial score (nSPS) is 18.0. The Morgan fingerprint density at radius 3 is 2.57 bits per heavy atom. The summed E-state index contributed by atoms with van der Waals surface area (Å²) in [5.74, 6) is 1.22. The molecule has 3 heterocycles. The topological polar surface area (TPSA) is 108 Å². The van der Waals surface area contributed by atoms with Crippen LogP contribution < -0.4 is 30.9 Å². The van der Waals surface area contributed by atoms with Gasteiger partial charge in [0.15, 0.2) is 0 Å². The van der Waals surface area contributed by atoms with E-state index in [4.69, 9.17) is 4.74 Å². The minimum absolute atomic E-state index is 0.0419. The summed E-state index contributed by atoms with van der Waals surface area (Å²) in [7, 11) is 1.88. The first-order valence-corrected chi connectivity index (χ1v) is 15.0. The molecule has 3 amide bonds. The highest BCUT2D eigenvalue weighted by molar-refractivity contribution is 7.21. The molecule has 1 fully saturated rings. The lowest BCUT2D eigenvalue weighted by molar-refractivity contribution is 0.0922. The first kappa shape index (κ1) is 27.7. The molecule has 1 aliphatic carbocycles. The van der Waals surface area contributed by atoms with Crippen molar-refractivity contribution in [2.45, 2.75) is 44.7 Å². The van der Waals surface area contributed by atoms with E-state index in [9.17, 15) is 9.59 Å². The van der Waals surface area contributed by atoms with Crippen LogP contribution in [0.5, 0.6) is 11.5 Å². The van der Waals surface area contributed by atoms with Gasteiger partial charge in [0.05, 0.1) is 22.4 Å². The summed E-state index contributed by atoms with van der Waals surface area (Å²) in [6, 6.07) is 16.8. The molecule has 2 aromatic carbocycles. The molecular weight excluding hydrogens is 548 g/mol. The zero-order valence-corrected chi connectivity index (χ0v) is 24.5. The number of para-hydroxylation sites is 1. The summed E-state index contributed by atoms with van der Waals surface area (Å²) in [5.41, 5.74) is 3.70. The van der Waals surface area contributed by atoms with E-state index in [0.29, 0.717) is 33.4 Å². The van der Waals surface area contributed by atoms with E-state index in [1.165, 1.54) is 11.3 Å². The molecule has 6 rings (SSSR count). The van der Waals surface area contributed by atoms with Gasteiger partial charge in [-0.15, -0.1) is 11.3 Å². The molecule has 0 radical (unpaired) electrons. The van der Waals surface area contributed by atoms with Crippen LogP contribution in [0, 0.1) is 6.92 Å². The fraction of sp³-hybridized carbons (Fsp3) is 0.281. The van der Waals surface area contributed by atoms with Crippen molar-refractivity contribution in [3.8, 4) is 11.5 Å². The van der Waals surface area contributed by atoms with Gasteiger partial charge in [-0.05, 0) is 68.8 Å². The molecule has 0 unspecified atom stereocenters. The average molecular weight is 583 g/mol. The van der Waals surface area contributed by atoms with E-state index in [0.717, 1.165) is 53.8 Å². The van der Waals surface area contributed by atoms with E-state index < -0.39 is 0 Å². The largest absolute Gasteiger partial charge is 0.457 e. The Balaban J connectivity index is 1.28. The number of anilines is 3. The summed E-state index contributed by atoms with van der Waals surface area (Å²) >= 11 is 1.30. The minimum atomic E-state index is -0.331. The Bertz CT molecular complexity index is 1650. The molecule has 0 bridgehead atoms. The number of aromatic nitrogens is 1. The highest BCUT2D eigenvalue weighted by Gasteiger charge is 2.35. The number of amides is 3. The van der Waals surface area contributed by atoms with Crippen LogP contribution in [0.3, 0.4) is 0 Å². The van der Waals surface area contributed by atoms with Gasteiger partial charge in [0, 0.05) is 30.5 Å². The molecule has 10 heteroatoms. The predicted octanol–water partition coefficient (Wildman–Crippen LogP) is 6.44. The van der Waals surface area contributed by atoms with Crippen molar-refractivity contribution in [2.24, 2.45) is 0 Å². The van der Waals surface area contributed by atoms with E-state index in [1.54, 1.807) is 11.1 Å².